The first-order valence-electron chi connectivity index (χ1n) is 25.0. The van der Waals surface area contributed by atoms with Gasteiger partial charge in [-0.15, -0.1) is 0 Å². The summed E-state index contributed by atoms with van der Waals surface area (Å²) in [5.41, 5.74) is 0. The van der Waals surface area contributed by atoms with Crippen LogP contribution in [0.5, 0.6) is 0 Å². The summed E-state index contributed by atoms with van der Waals surface area (Å²) in [6, 6.07) is 0. The van der Waals surface area contributed by atoms with Crippen LogP contribution in [0.1, 0.15) is 232 Å². The van der Waals surface area contributed by atoms with Crippen molar-refractivity contribution in [2.24, 2.45) is 0 Å². The number of quaternary nitrogens is 1. The van der Waals surface area contributed by atoms with Gasteiger partial charge >= 0.3 is 11.9 Å². The van der Waals surface area contributed by atoms with E-state index < -0.39 is 26.5 Å². The van der Waals surface area contributed by atoms with E-state index in [9.17, 15) is 19.0 Å². The number of esters is 2. The summed E-state index contributed by atoms with van der Waals surface area (Å²) in [5.74, 6) is -0.836. The van der Waals surface area contributed by atoms with Crippen LogP contribution < -0.4 is 4.89 Å². The number of unbranched alkanes of at least 4 members (excludes halogenated alkanes) is 28. The lowest BCUT2D eigenvalue weighted by Gasteiger charge is -2.28. The maximum Gasteiger partial charge on any atom is 0.306 e. The smallest absolute Gasteiger partial charge is 0.306 e. The van der Waals surface area contributed by atoms with Crippen molar-refractivity contribution < 1.29 is 42.1 Å². The molecule has 0 aromatic carbocycles. The van der Waals surface area contributed by atoms with E-state index in [-0.39, 0.29) is 32.0 Å². The van der Waals surface area contributed by atoms with E-state index in [2.05, 4.69) is 38.2 Å². The number of hydrogen-bond acceptors (Lipinski definition) is 8. The van der Waals surface area contributed by atoms with Gasteiger partial charge in [-0.25, -0.2) is 0 Å². The Labute approximate surface area is 370 Å². The van der Waals surface area contributed by atoms with Gasteiger partial charge in [0.25, 0.3) is 7.82 Å². The molecule has 0 spiro atoms. The van der Waals surface area contributed by atoms with Gasteiger partial charge in [-0.3, -0.25) is 14.2 Å². The van der Waals surface area contributed by atoms with Gasteiger partial charge in [-0.2, -0.15) is 0 Å². The fraction of sp³-hybridized carbons (Fsp3) is 0.880. The van der Waals surface area contributed by atoms with Crippen molar-refractivity contribution in [2.75, 3.05) is 47.5 Å². The van der Waals surface area contributed by atoms with E-state index in [1.165, 1.54) is 141 Å². The van der Waals surface area contributed by atoms with Crippen molar-refractivity contribution in [2.45, 2.75) is 238 Å². The quantitative estimate of drug-likeness (QED) is 0.0195. The predicted molar refractivity (Wildman–Crippen MR) is 250 cm³/mol. The molecule has 0 amide bonds. The second-order valence-corrected chi connectivity index (χ2v) is 19.6. The lowest BCUT2D eigenvalue weighted by molar-refractivity contribution is -0.870. The summed E-state index contributed by atoms with van der Waals surface area (Å²) in [5, 5.41) is 0. The molecule has 0 aliphatic heterocycles. The molecule has 0 bridgehead atoms. The van der Waals surface area contributed by atoms with Crippen LogP contribution in [0.15, 0.2) is 24.3 Å². The van der Waals surface area contributed by atoms with E-state index in [4.69, 9.17) is 18.5 Å². The first kappa shape index (κ1) is 58.5. The minimum absolute atomic E-state index is 0.0309. The van der Waals surface area contributed by atoms with E-state index in [1.807, 2.05) is 21.1 Å². The second-order valence-electron chi connectivity index (χ2n) is 18.2. The van der Waals surface area contributed by atoms with E-state index >= 15 is 0 Å². The largest absolute Gasteiger partial charge is 0.756 e. The summed E-state index contributed by atoms with van der Waals surface area (Å²) in [6.45, 7) is 4.24. The maximum absolute atomic E-state index is 12.7. The summed E-state index contributed by atoms with van der Waals surface area (Å²) in [7, 11) is 1.17. The number of phosphoric ester groups is 1. The average molecular weight is 870 g/mol. The molecule has 2 atom stereocenters. The number of phosphoric acid groups is 1. The molecule has 0 saturated carbocycles. The fourth-order valence-electron chi connectivity index (χ4n) is 7.00. The number of allylic oxidation sites excluding steroid dienone is 4. The number of likely N-dealkylation sites (N-methyl/N-ethyl adjacent to an activating group) is 1. The highest BCUT2D eigenvalue weighted by Gasteiger charge is 2.21. The molecule has 0 aromatic heterocycles. The Morgan fingerprint density at radius 2 is 0.850 bits per heavy atom. The van der Waals surface area contributed by atoms with Crippen molar-refractivity contribution >= 4 is 19.8 Å². The molecule has 1 unspecified atom stereocenters. The number of carbonyl (C=O) groups is 2. The minimum Gasteiger partial charge on any atom is -0.756 e. The van der Waals surface area contributed by atoms with Crippen LogP contribution >= 0.6 is 7.82 Å². The predicted octanol–water partition coefficient (Wildman–Crippen LogP) is 14.1. The van der Waals surface area contributed by atoms with Crippen molar-refractivity contribution in [1.82, 2.24) is 0 Å². The molecule has 354 valence electrons. The Kier molecular flexibility index (Phi) is 41.7. The van der Waals surface area contributed by atoms with Crippen molar-refractivity contribution in [3.8, 4) is 0 Å². The molecule has 0 saturated heterocycles. The molecule has 0 heterocycles. The van der Waals surface area contributed by atoms with E-state index in [0.717, 1.165) is 57.8 Å². The highest BCUT2D eigenvalue weighted by atomic mass is 31.2. The van der Waals surface area contributed by atoms with Crippen LogP contribution in [0.25, 0.3) is 0 Å². The maximum atomic E-state index is 12.7. The minimum atomic E-state index is -4.63. The van der Waals surface area contributed by atoms with E-state index in [0.29, 0.717) is 17.4 Å². The molecule has 0 aliphatic carbocycles. The molecule has 0 rings (SSSR count). The summed E-state index contributed by atoms with van der Waals surface area (Å²) in [6.07, 6.45) is 47.7. The van der Waals surface area contributed by atoms with Gasteiger partial charge in [-0.05, 0) is 64.2 Å². The van der Waals surface area contributed by atoms with Gasteiger partial charge in [0, 0.05) is 12.8 Å². The third kappa shape index (κ3) is 46.0. The SMILES string of the molecule is CCCCCCCC/C=C\CCCCCCCCCC(=O)OC[C@H](COP(=O)([O-])OCC[N+](C)(C)C)OC(=O)CCCCCCCCC/C=C\CCCCCCCCCC. The Morgan fingerprint density at radius 3 is 1.23 bits per heavy atom. The zero-order valence-electron chi connectivity index (χ0n) is 39.9. The van der Waals surface area contributed by atoms with Crippen molar-refractivity contribution in [3.63, 3.8) is 0 Å². The molecule has 0 fully saturated rings. The van der Waals surface area contributed by atoms with Crippen LogP contribution in [0.3, 0.4) is 0 Å². The molecular formula is C50H96NO8P. The summed E-state index contributed by atoms with van der Waals surface area (Å²) in [4.78, 5) is 37.7. The van der Waals surface area contributed by atoms with Gasteiger partial charge in [0.05, 0.1) is 27.7 Å². The summed E-state index contributed by atoms with van der Waals surface area (Å²) >= 11 is 0. The normalized spacial score (nSPS) is 13.6. The number of rotatable bonds is 46. The molecule has 0 aromatic rings. The lowest BCUT2D eigenvalue weighted by atomic mass is 10.1. The molecule has 60 heavy (non-hydrogen) atoms. The molecule has 0 radical (unpaired) electrons. The zero-order chi connectivity index (χ0) is 44.3. The monoisotopic (exact) mass is 870 g/mol. The van der Waals surface area contributed by atoms with Gasteiger partial charge in [0.1, 0.15) is 19.8 Å². The standard InChI is InChI=1S/C50H96NO8P/c1-6-8-10-12-14-16-18-20-22-24-25-27-29-31-33-35-37-39-41-43-50(53)59-48(47-58-60(54,55)57-45-44-51(3,4)5)46-56-49(52)42-40-38-36-34-32-30-28-26-23-21-19-17-15-13-11-9-7-2/h21,23-25,48H,6-20,22,26-47H2,1-5H3/b23-21-,25-24-/t48-/m1/s1. The highest BCUT2D eigenvalue weighted by molar-refractivity contribution is 7.45. The van der Waals surface area contributed by atoms with Crippen molar-refractivity contribution in [1.29, 1.82) is 0 Å². The van der Waals surface area contributed by atoms with Crippen LogP contribution in [0.4, 0.5) is 0 Å². The Bertz CT molecular complexity index is 1070. The van der Waals surface area contributed by atoms with Gasteiger partial charge in [-0.1, -0.05) is 179 Å². The van der Waals surface area contributed by atoms with Crippen LogP contribution in [0.2, 0.25) is 0 Å². The molecule has 0 N–H and O–H groups in total. The third-order valence-corrected chi connectivity index (χ3v) is 11.9. The van der Waals surface area contributed by atoms with Gasteiger partial charge in [0.15, 0.2) is 6.10 Å². The molecule has 10 heteroatoms. The zero-order valence-corrected chi connectivity index (χ0v) is 40.8. The number of hydrogen-bond donors (Lipinski definition) is 0. The Hall–Kier alpha value is -1.51. The molecule has 9 nitrogen and oxygen atoms in total. The Balaban J connectivity index is 4.27. The van der Waals surface area contributed by atoms with Crippen LogP contribution in [-0.2, 0) is 32.7 Å². The molecule has 0 aliphatic rings. The highest BCUT2D eigenvalue weighted by Crippen LogP contribution is 2.38. The fourth-order valence-corrected chi connectivity index (χ4v) is 7.73. The van der Waals surface area contributed by atoms with Crippen LogP contribution in [0, 0.1) is 0 Å². The van der Waals surface area contributed by atoms with Gasteiger partial charge in [0.2, 0.25) is 0 Å². The van der Waals surface area contributed by atoms with E-state index in [1.54, 1.807) is 0 Å². The Morgan fingerprint density at radius 1 is 0.500 bits per heavy atom. The van der Waals surface area contributed by atoms with Crippen molar-refractivity contribution in [3.05, 3.63) is 24.3 Å². The molecular weight excluding hydrogens is 774 g/mol. The number of ether oxygens (including phenoxy) is 2. The number of nitrogens with zero attached hydrogens (tertiary/aromatic N) is 1. The topological polar surface area (TPSA) is 111 Å². The average Bonchev–Trinajstić information content (AvgIpc) is 3.20. The summed E-state index contributed by atoms with van der Waals surface area (Å²) < 4.78 is 34.0. The third-order valence-electron chi connectivity index (χ3n) is 10.9. The second kappa shape index (κ2) is 42.8. The first-order chi connectivity index (χ1) is 29.0. The van der Waals surface area contributed by atoms with Crippen LogP contribution in [-0.4, -0.2) is 70.0 Å². The number of carbonyl (C=O) groups excluding carboxylic acids is 2. The lowest BCUT2D eigenvalue weighted by Crippen LogP contribution is -2.37. The van der Waals surface area contributed by atoms with Gasteiger partial charge < -0.3 is 27.9 Å². The first-order valence-corrected chi connectivity index (χ1v) is 26.5.